The zero-order valence-electron chi connectivity index (χ0n) is 17.8. The number of anilines is 3. The Morgan fingerprint density at radius 3 is 2.00 bits per heavy atom. The van der Waals surface area contributed by atoms with Crippen LogP contribution in [0.3, 0.4) is 0 Å². The Morgan fingerprint density at radius 1 is 0.710 bits per heavy atom. The maximum atomic E-state index is 4.82. The highest BCUT2D eigenvalue weighted by Crippen LogP contribution is 2.44. The molecule has 148 valence electrons. The fourth-order valence-electron chi connectivity index (χ4n) is 5.41. The number of benzene rings is 3. The molecule has 3 aliphatic rings. The molecular formula is C23H23B3N5+. The van der Waals surface area contributed by atoms with E-state index in [0.717, 1.165) is 12.2 Å². The lowest BCUT2D eigenvalue weighted by atomic mass is 9.41. The second-order valence-corrected chi connectivity index (χ2v) is 8.28. The molecule has 31 heavy (non-hydrogen) atoms. The van der Waals surface area contributed by atoms with E-state index in [2.05, 4.69) is 124 Å². The topological polar surface area (TPSA) is 25.1 Å². The number of nitrogens with zero attached hydrogens (tertiary/aromatic N) is 5. The van der Waals surface area contributed by atoms with Gasteiger partial charge >= 0.3 is 20.9 Å². The predicted octanol–water partition coefficient (Wildman–Crippen LogP) is 4.79. The van der Waals surface area contributed by atoms with Crippen LogP contribution in [0.25, 0.3) is 0 Å². The van der Waals surface area contributed by atoms with Gasteiger partial charge in [0.25, 0.3) is 5.69 Å². The molecule has 0 aromatic heterocycles. The number of hydrogen-bond acceptors (Lipinski definition) is 4. The summed E-state index contributed by atoms with van der Waals surface area (Å²) in [7, 11) is 0. The van der Waals surface area contributed by atoms with Gasteiger partial charge in [0.1, 0.15) is 6.54 Å². The van der Waals surface area contributed by atoms with Crippen LogP contribution in [0, 0.1) is 0 Å². The Balaban J connectivity index is 1.60. The number of azo groups is 2. The zero-order chi connectivity index (χ0) is 20.9. The first kappa shape index (κ1) is 18.4. The molecule has 0 aliphatic carbocycles. The van der Waals surface area contributed by atoms with Crippen molar-refractivity contribution in [1.82, 2.24) is 0 Å². The second-order valence-electron chi connectivity index (χ2n) is 8.28. The van der Waals surface area contributed by atoms with Crippen LogP contribution in [0.4, 0.5) is 22.7 Å². The summed E-state index contributed by atoms with van der Waals surface area (Å²) in [6.45, 7) is 5.76. The van der Waals surface area contributed by atoms with Crippen molar-refractivity contribution < 1.29 is 4.70 Å². The molecule has 3 heterocycles. The molecule has 8 heteroatoms. The molecule has 0 spiro atoms. The van der Waals surface area contributed by atoms with Crippen LogP contribution in [0.5, 0.6) is 0 Å². The third kappa shape index (κ3) is 2.67. The molecule has 1 fully saturated rings. The van der Waals surface area contributed by atoms with Gasteiger partial charge in [0.15, 0.2) is 0 Å². The van der Waals surface area contributed by atoms with E-state index in [1.54, 1.807) is 0 Å². The summed E-state index contributed by atoms with van der Waals surface area (Å²) in [6, 6.07) is 30.2. The lowest BCUT2D eigenvalue weighted by molar-refractivity contribution is -0.444. The Hall–Kier alpha value is -3.41. The molecule has 3 aliphatic heterocycles. The first-order valence-electron chi connectivity index (χ1n) is 11.0. The number of rotatable bonds is 2. The number of hydrogen-bond donors (Lipinski definition) is 0. The molecule has 0 amide bonds. The molecule has 0 radical (unpaired) electrons. The summed E-state index contributed by atoms with van der Waals surface area (Å²) in [5.41, 5.74) is 6.06. The summed E-state index contributed by atoms with van der Waals surface area (Å²) in [6.07, 6.45) is 2.28. The van der Waals surface area contributed by atoms with Crippen LogP contribution in [-0.2, 0) is 0 Å². The van der Waals surface area contributed by atoms with Gasteiger partial charge in [-0.3, -0.25) is 0 Å². The number of para-hydroxylation sites is 4. The summed E-state index contributed by atoms with van der Waals surface area (Å²) >= 11 is 0. The van der Waals surface area contributed by atoms with Crippen LogP contribution in [0.15, 0.2) is 102 Å². The third-order valence-corrected chi connectivity index (χ3v) is 6.67. The van der Waals surface area contributed by atoms with Crippen LogP contribution >= 0.6 is 0 Å². The van der Waals surface area contributed by atoms with Gasteiger partial charge in [0.05, 0.1) is 5.69 Å². The minimum Gasteiger partial charge on any atom is -0.425 e. The smallest absolute Gasteiger partial charge is 0.425 e. The maximum absolute atomic E-state index is 4.82. The molecule has 3 aromatic carbocycles. The molecule has 0 bridgehead atoms. The van der Waals surface area contributed by atoms with Crippen molar-refractivity contribution in [3.05, 3.63) is 96.6 Å². The van der Waals surface area contributed by atoms with E-state index in [4.69, 9.17) is 5.11 Å². The van der Waals surface area contributed by atoms with E-state index in [9.17, 15) is 0 Å². The van der Waals surface area contributed by atoms with Crippen molar-refractivity contribution in [1.29, 1.82) is 0 Å². The molecule has 0 atom stereocenters. The number of fused-ring (bicyclic) bond motifs is 6. The Kier molecular flexibility index (Phi) is 4.20. The average molecular weight is 402 g/mol. The van der Waals surface area contributed by atoms with E-state index in [1.807, 2.05) is 0 Å². The van der Waals surface area contributed by atoms with Gasteiger partial charge in [0.2, 0.25) is 5.60 Å². The average Bonchev–Trinajstić information content (AvgIpc) is 3.31. The van der Waals surface area contributed by atoms with Crippen LogP contribution in [0.2, 0.25) is 13.6 Å². The highest BCUT2D eigenvalue weighted by Gasteiger charge is 2.59. The van der Waals surface area contributed by atoms with E-state index in [1.165, 1.54) is 22.7 Å². The lowest BCUT2D eigenvalue weighted by Gasteiger charge is -2.55. The maximum Gasteiger partial charge on any atom is 0.468 e. The quantitative estimate of drug-likeness (QED) is 0.456. The van der Waals surface area contributed by atoms with Crippen molar-refractivity contribution in [2.45, 2.75) is 13.6 Å². The minimum atomic E-state index is 0.0773. The van der Waals surface area contributed by atoms with Crippen molar-refractivity contribution in [2.24, 2.45) is 5.11 Å². The molecule has 0 unspecified atom stereocenters. The normalized spacial score (nSPS) is 17.2. The second kappa shape index (κ2) is 7.08. The van der Waals surface area contributed by atoms with Crippen LogP contribution < -0.4 is 14.2 Å². The minimum absolute atomic E-state index is 0.0773. The van der Waals surface area contributed by atoms with Gasteiger partial charge in [-0.15, -0.1) is 0 Å². The van der Waals surface area contributed by atoms with E-state index in [-0.39, 0.29) is 20.9 Å². The summed E-state index contributed by atoms with van der Waals surface area (Å²) in [5.74, 6) is 0. The molecule has 0 saturated carbocycles. The van der Waals surface area contributed by atoms with E-state index < -0.39 is 0 Å². The Labute approximate surface area is 184 Å². The lowest BCUT2D eigenvalue weighted by Crippen LogP contribution is -2.79. The zero-order valence-corrected chi connectivity index (χ0v) is 17.8. The highest BCUT2D eigenvalue weighted by molar-refractivity contribution is 7.06. The molecule has 0 N–H and O–H groups in total. The van der Waals surface area contributed by atoms with Crippen LogP contribution in [-0.4, -0.2) is 32.2 Å². The van der Waals surface area contributed by atoms with Gasteiger partial charge in [-0.1, -0.05) is 53.2 Å². The van der Waals surface area contributed by atoms with Crippen molar-refractivity contribution in [3.63, 3.8) is 0 Å². The first-order valence-corrected chi connectivity index (χ1v) is 11.0. The van der Waals surface area contributed by atoms with Crippen LogP contribution in [0.1, 0.15) is 0 Å². The van der Waals surface area contributed by atoms with Crippen molar-refractivity contribution >= 4 is 43.7 Å². The summed E-state index contributed by atoms with van der Waals surface area (Å²) in [5, 5.41) is 4.82. The summed E-state index contributed by atoms with van der Waals surface area (Å²) < 4.78 is 9.76. The van der Waals surface area contributed by atoms with Gasteiger partial charge in [0, 0.05) is 23.5 Å². The van der Waals surface area contributed by atoms with E-state index in [0.29, 0.717) is 0 Å². The fourth-order valence-corrected chi connectivity index (χ4v) is 5.41. The monoisotopic (exact) mass is 402 g/mol. The standard InChI is InChI=1S/C23H23B3N5/c1-24-29(19-11-5-3-6-12-19)25(2)31-22-16-10-9-15-21(22)28-23(17-18-27-28)26(31)30(24)20-13-7-4-8-14-20/h3-17H,18H2,1-2H3/q+1. The molecule has 6 rings (SSSR count). The first-order chi connectivity index (χ1) is 15.3. The van der Waals surface area contributed by atoms with Gasteiger partial charge in [-0.2, -0.15) is 0 Å². The molecule has 3 aromatic rings. The van der Waals surface area contributed by atoms with E-state index >= 15 is 0 Å². The fraction of sp³-hybridized carbons (Fsp3) is 0.130. The largest absolute Gasteiger partial charge is 0.468 e. The van der Waals surface area contributed by atoms with Crippen molar-refractivity contribution in [2.75, 3.05) is 20.7 Å². The summed E-state index contributed by atoms with van der Waals surface area (Å²) in [4.78, 5) is 0. The predicted molar refractivity (Wildman–Crippen MR) is 131 cm³/mol. The van der Waals surface area contributed by atoms with Crippen molar-refractivity contribution in [3.8, 4) is 0 Å². The van der Waals surface area contributed by atoms with Gasteiger partial charge in [-0.05, 0) is 49.1 Å². The SMILES string of the molecule is CB1N(c2ccccc2)B(C)N2B(C3=CCN=[N+]3c3ccccc32)N1c1ccccc1. The molecule has 5 nitrogen and oxygen atoms in total. The Bertz CT molecular complexity index is 1180. The molecular weight excluding hydrogens is 379 g/mol. The highest BCUT2D eigenvalue weighted by atomic mass is 15.4. The third-order valence-electron chi connectivity index (χ3n) is 6.67. The van der Waals surface area contributed by atoms with Gasteiger partial charge in [-0.25, -0.2) is 0 Å². The van der Waals surface area contributed by atoms with Gasteiger partial charge < -0.3 is 14.2 Å². The Morgan fingerprint density at radius 2 is 1.29 bits per heavy atom. The molecule has 1 saturated heterocycles.